The molecule has 144 valence electrons. The van der Waals surface area contributed by atoms with Crippen molar-refractivity contribution in [3.8, 4) is 0 Å². The normalized spacial score (nSPS) is 30.1. The van der Waals surface area contributed by atoms with Crippen LogP contribution in [0.1, 0.15) is 49.9 Å². The van der Waals surface area contributed by atoms with E-state index in [1.54, 1.807) is 0 Å². The summed E-state index contributed by atoms with van der Waals surface area (Å²) in [6, 6.07) is 0.813. The van der Waals surface area contributed by atoms with Crippen molar-refractivity contribution < 1.29 is 8.42 Å². The van der Waals surface area contributed by atoms with Gasteiger partial charge < -0.3 is 4.57 Å². The molecule has 1 unspecified atom stereocenters. The van der Waals surface area contributed by atoms with Gasteiger partial charge >= 0.3 is 0 Å². The zero-order valence-electron chi connectivity index (χ0n) is 15.1. The Morgan fingerprint density at radius 2 is 1.73 bits per heavy atom. The Morgan fingerprint density at radius 3 is 2.31 bits per heavy atom. The highest BCUT2D eigenvalue weighted by molar-refractivity contribution is 7.91. The number of rotatable bonds is 5. The maximum Gasteiger partial charge on any atom is 0.199 e. The van der Waals surface area contributed by atoms with E-state index in [4.69, 9.17) is 17.3 Å². The van der Waals surface area contributed by atoms with Crippen LogP contribution in [0, 0.1) is 4.77 Å². The van der Waals surface area contributed by atoms with Crippen LogP contribution < -0.4 is 0 Å². The summed E-state index contributed by atoms with van der Waals surface area (Å²) in [6.07, 6.45) is 5.78. The number of hydrogen-bond donors (Lipinski definition) is 0. The molecule has 5 rings (SSSR count). The lowest BCUT2D eigenvalue weighted by atomic mass is 10.2. The molecule has 0 bridgehead atoms. The molecule has 0 aromatic carbocycles. The van der Waals surface area contributed by atoms with Crippen molar-refractivity contribution in [3.63, 3.8) is 0 Å². The van der Waals surface area contributed by atoms with Gasteiger partial charge in [0.05, 0.1) is 18.2 Å². The van der Waals surface area contributed by atoms with Gasteiger partial charge in [-0.3, -0.25) is 9.80 Å². The van der Waals surface area contributed by atoms with Crippen LogP contribution in [0.15, 0.2) is 0 Å². The monoisotopic (exact) mass is 397 g/mol. The van der Waals surface area contributed by atoms with Crippen LogP contribution in [0.5, 0.6) is 0 Å². The van der Waals surface area contributed by atoms with Gasteiger partial charge in [-0.1, -0.05) is 0 Å². The highest BCUT2D eigenvalue weighted by atomic mass is 32.2. The number of sulfone groups is 1. The summed E-state index contributed by atoms with van der Waals surface area (Å²) in [5.41, 5.74) is 0. The molecule has 1 aromatic rings. The number of aromatic nitrogens is 3. The zero-order chi connectivity index (χ0) is 17.9. The average molecular weight is 398 g/mol. The van der Waals surface area contributed by atoms with E-state index in [0.29, 0.717) is 23.5 Å². The second-order valence-corrected chi connectivity index (χ2v) is 11.0. The van der Waals surface area contributed by atoms with Crippen molar-refractivity contribution in [2.45, 2.75) is 56.8 Å². The van der Waals surface area contributed by atoms with E-state index >= 15 is 0 Å². The van der Waals surface area contributed by atoms with Gasteiger partial charge in [0, 0.05) is 44.2 Å². The first-order chi connectivity index (χ1) is 12.5. The molecule has 0 radical (unpaired) electrons. The predicted octanol–water partition coefficient (Wildman–Crippen LogP) is 1.39. The van der Waals surface area contributed by atoms with Crippen LogP contribution in [0.2, 0.25) is 0 Å². The Morgan fingerprint density at radius 1 is 1.00 bits per heavy atom. The van der Waals surface area contributed by atoms with E-state index < -0.39 is 9.84 Å². The third-order valence-electron chi connectivity index (χ3n) is 6.22. The second-order valence-electron chi connectivity index (χ2n) is 8.37. The second kappa shape index (κ2) is 6.39. The first kappa shape index (κ1) is 17.3. The quantitative estimate of drug-likeness (QED) is 0.700. The number of hydrogen-bond acceptors (Lipinski definition) is 6. The zero-order valence-corrected chi connectivity index (χ0v) is 16.7. The van der Waals surface area contributed by atoms with Crippen LogP contribution in [0.25, 0.3) is 0 Å². The summed E-state index contributed by atoms with van der Waals surface area (Å²) >= 11 is 5.74. The van der Waals surface area contributed by atoms with E-state index in [2.05, 4.69) is 14.4 Å². The minimum atomic E-state index is -2.80. The Bertz CT molecular complexity index is 845. The molecule has 0 amide bonds. The van der Waals surface area contributed by atoms with Gasteiger partial charge in [-0.15, -0.1) is 0 Å². The van der Waals surface area contributed by atoms with Gasteiger partial charge in [0.25, 0.3) is 0 Å². The highest BCUT2D eigenvalue weighted by Crippen LogP contribution is 2.44. The Labute approximate surface area is 159 Å². The maximum atomic E-state index is 11.7. The Balaban J connectivity index is 1.23. The molecule has 2 saturated heterocycles. The van der Waals surface area contributed by atoms with Gasteiger partial charge in [-0.25, -0.2) is 13.1 Å². The molecule has 0 N–H and O–H groups in total. The smallest absolute Gasteiger partial charge is 0.199 e. The fourth-order valence-corrected chi connectivity index (χ4v) is 6.45. The van der Waals surface area contributed by atoms with Crippen molar-refractivity contribution in [1.29, 1.82) is 0 Å². The molecule has 1 aromatic heterocycles. The predicted molar refractivity (Wildman–Crippen MR) is 102 cm³/mol. The van der Waals surface area contributed by atoms with E-state index in [9.17, 15) is 8.42 Å². The summed E-state index contributed by atoms with van der Waals surface area (Å²) in [5.74, 6) is 2.54. The molecule has 4 fully saturated rings. The SMILES string of the molecule is O=S1(=O)CCC(N2CCN(Cn3nc(C4CC4)n(C4CC4)c3=S)CC2)C1. The molecule has 1 atom stereocenters. The van der Waals surface area contributed by atoms with Crippen LogP contribution in [0.4, 0.5) is 0 Å². The summed E-state index contributed by atoms with van der Waals surface area (Å²) in [5, 5.41) is 4.88. The first-order valence-corrected chi connectivity index (χ1v) is 12.1. The van der Waals surface area contributed by atoms with E-state index in [0.717, 1.165) is 44.0 Å². The summed E-state index contributed by atoms with van der Waals surface area (Å²) in [7, 11) is -2.80. The van der Waals surface area contributed by atoms with E-state index in [1.165, 1.54) is 31.5 Å². The lowest BCUT2D eigenvalue weighted by Gasteiger charge is -2.37. The highest BCUT2D eigenvalue weighted by Gasteiger charge is 2.36. The summed E-state index contributed by atoms with van der Waals surface area (Å²) in [4.78, 5) is 4.76. The standard InChI is InChI=1S/C17H27N5O2S2/c23-26(24)10-5-15(11-26)20-8-6-19(7-9-20)12-21-17(25)22(14-3-4-14)16(18-21)13-1-2-13/h13-15H,1-12H2. The average Bonchev–Trinajstić information content (AvgIpc) is 3.53. The fraction of sp³-hybridized carbons (Fsp3) is 0.882. The first-order valence-electron chi connectivity index (χ1n) is 9.86. The van der Waals surface area contributed by atoms with Crippen molar-refractivity contribution in [1.82, 2.24) is 24.1 Å². The van der Waals surface area contributed by atoms with Crippen molar-refractivity contribution in [2.24, 2.45) is 0 Å². The minimum absolute atomic E-state index is 0.222. The fourth-order valence-electron chi connectivity index (χ4n) is 4.35. The Hall–Kier alpha value is -0.770. The largest absolute Gasteiger partial charge is 0.301 e. The molecule has 3 heterocycles. The molecular weight excluding hydrogens is 370 g/mol. The van der Waals surface area contributed by atoms with Crippen LogP contribution in [0.3, 0.4) is 0 Å². The van der Waals surface area contributed by atoms with Gasteiger partial charge in [-0.05, 0) is 44.3 Å². The molecular formula is C17H27N5O2S2. The molecule has 2 saturated carbocycles. The molecule has 2 aliphatic heterocycles. The summed E-state index contributed by atoms with van der Waals surface area (Å²) in [6.45, 7) is 4.54. The number of piperazine rings is 1. The van der Waals surface area contributed by atoms with E-state index in [-0.39, 0.29) is 6.04 Å². The van der Waals surface area contributed by atoms with Crippen LogP contribution >= 0.6 is 12.2 Å². The van der Waals surface area contributed by atoms with Gasteiger partial charge in [-0.2, -0.15) is 5.10 Å². The van der Waals surface area contributed by atoms with Crippen molar-refractivity contribution in [3.05, 3.63) is 10.6 Å². The van der Waals surface area contributed by atoms with Crippen LogP contribution in [-0.4, -0.2) is 76.3 Å². The molecule has 26 heavy (non-hydrogen) atoms. The van der Waals surface area contributed by atoms with Crippen molar-refractivity contribution in [2.75, 3.05) is 37.7 Å². The Kier molecular flexibility index (Phi) is 4.26. The summed E-state index contributed by atoms with van der Waals surface area (Å²) < 4.78 is 28.7. The lowest BCUT2D eigenvalue weighted by molar-refractivity contribution is 0.0807. The molecule has 4 aliphatic rings. The van der Waals surface area contributed by atoms with Gasteiger partial charge in [0.2, 0.25) is 0 Å². The lowest BCUT2D eigenvalue weighted by Crippen LogP contribution is -2.51. The van der Waals surface area contributed by atoms with Gasteiger partial charge in [0.1, 0.15) is 5.82 Å². The van der Waals surface area contributed by atoms with Crippen molar-refractivity contribution >= 4 is 22.1 Å². The third-order valence-corrected chi connectivity index (χ3v) is 8.37. The third kappa shape index (κ3) is 3.39. The van der Waals surface area contributed by atoms with Gasteiger partial charge in [0.15, 0.2) is 14.6 Å². The molecule has 2 aliphatic carbocycles. The van der Waals surface area contributed by atoms with E-state index in [1.807, 2.05) is 4.68 Å². The minimum Gasteiger partial charge on any atom is -0.301 e. The number of nitrogens with zero attached hydrogens (tertiary/aromatic N) is 5. The molecule has 9 heteroatoms. The van der Waals surface area contributed by atoms with Crippen LogP contribution in [-0.2, 0) is 16.5 Å². The maximum absolute atomic E-state index is 11.7. The molecule has 7 nitrogen and oxygen atoms in total. The topological polar surface area (TPSA) is 63.4 Å². The molecule has 0 spiro atoms.